The maximum absolute atomic E-state index is 11.9. The fraction of sp³-hybridized carbons (Fsp3) is 0.846. The van der Waals surface area contributed by atoms with Gasteiger partial charge >= 0.3 is 0 Å². The van der Waals surface area contributed by atoms with Gasteiger partial charge in [0.2, 0.25) is 11.8 Å². The summed E-state index contributed by atoms with van der Waals surface area (Å²) in [5.74, 6) is 0.674. The predicted octanol–water partition coefficient (Wildman–Crippen LogP) is -0.0773. The van der Waals surface area contributed by atoms with Crippen molar-refractivity contribution in [2.75, 3.05) is 39.8 Å². The van der Waals surface area contributed by atoms with Crippen molar-refractivity contribution in [3.63, 3.8) is 0 Å². The van der Waals surface area contributed by atoms with Crippen molar-refractivity contribution in [2.45, 2.75) is 19.8 Å². The summed E-state index contributed by atoms with van der Waals surface area (Å²) in [5, 5.41) is 2.77. The summed E-state index contributed by atoms with van der Waals surface area (Å²) < 4.78 is 0. The zero-order valence-electron chi connectivity index (χ0n) is 11.3. The molecule has 2 amide bonds. The predicted molar refractivity (Wildman–Crippen MR) is 69.0 cm³/mol. The molecule has 0 radical (unpaired) electrons. The number of hydrogen-bond acceptors (Lipinski definition) is 3. The van der Waals surface area contributed by atoms with Gasteiger partial charge in [-0.2, -0.15) is 0 Å². The van der Waals surface area contributed by atoms with E-state index >= 15 is 0 Å². The van der Waals surface area contributed by atoms with Crippen LogP contribution < -0.4 is 5.32 Å². The summed E-state index contributed by atoms with van der Waals surface area (Å²) in [6, 6.07) is 0. The van der Waals surface area contributed by atoms with E-state index in [-0.39, 0.29) is 24.3 Å². The fourth-order valence-electron chi connectivity index (χ4n) is 2.30. The van der Waals surface area contributed by atoms with Gasteiger partial charge < -0.3 is 15.1 Å². The highest BCUT2D eigenvalue weighted by Crippen LogP contribution is 2.36. The first-order valence-electron chi connectivity index (χ1n) is 6.82. The molecule has 1 saturated heterocycles. The van der Waals surface area contributed by atoms with E-state index in [1.807, 2.05) is 11.8 Å². The first-order chi connectivity index (χ1) is 8.58. The highest BCUT2D eigenvalue weighted by Gasteiger charge is 2.32. The van der Waals surface area contributed by atoms with Gasteiger partial charge in [0.1, 0.15) is 0 Å². The first kappa shape index (κ1) is 13.3. The number of piperazine rings is 1. The lowest BCUT2D eigenvalue weighted by Crippen LogP contribution is -2.50. The summed E-state index contributed by atoms with van der Waals surface area (Å²) >= 11 is 0. The lowest BCUT2D eigenvalue weighted by molar-refractivity contribution is -0.135. The molecular weight excluding hydrogens is 230 g/mol. The van der Waals surface area contributed by atoms with Crippen LogP contribution in [0.15, 0.2) is 0 Å². The largest absolute Gasteiger partial charge is 0.347 e. The molecule has 0 bridgehead atoms. The molecule has 1 saturated carbocycles. The summed E-state index contributed by atoms with van der Waals surface area (Å²) in [6.45, 7) is 5.47. The molecule has 2 fully saturated rings. The Balaban J connectivity index is 1.69. The third kappa shape index (κ3) is 3.45. The van der Waals surface area contributed by atoms with Crippen molar-refractivity contribution in [1.29, 1.82) is 0 Å². The Morgan fingerprint density at radius 2 is 1.83 bits per heavy atom. The van der Waals surface area contributed by atoms with Gasteiger partial charge in [0, 0.05) is 32.1 Å². The van der Waals surface area contributed by atoms with Gasteiger partial charge in [-0.3, -0.25) is 9.59 Å². The van der Waals surface area contributed by atoms with Crippen LogP contribution in [0.1, 0.15) is 19.8 Å². The fourth-order valence-corrected chi connectivity index (χ4v) is 2.30. The first-order valence-corrected chi connectivity index (χ1v) is 6.82. The van der Waals surface area contributed by atoms with E-state index in [0.717, 1.165) is 39.0 Å². The van der Waals surface area contributed by atoms with E-state index < -0.39 is 0 Å². The van der Waals surface area contributed by atoms with Gasteiger partial charge in [0.05, 0.1) is 6.54 Å². The second kappa shape index (κ2) is 5.69. The second-order valence-corrected chi connectivity index (χ2v) is 5.53. The van der Waals surface area contributed by atoms with Gasteiger partial charge in [-0.05, 0) is 25.8 Å². The Hall–Kier alpha value is -1.10. The monoisotopic (exact) mass is 253 g/mol. The Morgan fingerprint density at radius 1 is 1.22 bits per heavy atom. The molecule has 2 aliphatic rings. The molecule has 0 aromatic rings. The molecule has 5 nitrogen and oxygen atoms in total. The minimum atomic E-state index is 0.0278. The zero-order valence-corrected chi connectivity index (χ0v) is 11.3. The van der Waals surface area contributed by atoms with Gasteiger partial charge in [-0.15, -0.1) is 0 Å². The van der Waals surface area contributed by atoms with E-state index in [2.05, 4.69) is 17.3 Å². The normalized spacial score (nSPS) is 22.7. The number of likely N-dealkylation sites (N-methyl/N-ethyl adjacent to an activating group) is 1. The quantitative estimate of drug-likeness (QED) is 0.762. The van der Waals surface area contributed by atoms with Crippen molar-refractivity contribution in [2.24, 2.45) is 11.8 Å². The van der Waals surface area contributed by atoms with Gasteiger partial charge in [-0.1, -0.05) is 6.92 Å². The van der Waals surface area contributed by atoms with Crippen LogP contribution in [0.5, 0.6) is 0 Å². The van der Waals surface area contributed by atoms with Crippen LogP contribution in [-0.2, 0) is 9.59 Å². The maximum Gasteiger partial charge on any atom is 0.242 e. The molecule has 1 unspecified atom stereocenters. The third-order valence-electron chi connectivity index (χ3n) is 4.01. The Kier molecular flexibility index (Phi) is 4.22. The summed E-state index contributed by atoms with van der Waals surface area (Å²) in [7, 11) is 2.06. The Labute approximate surface area is 108 Å². The molecule has 18 heavy (non-hydrogen) atoms. The average Bonchev–Trinajstić information content (AvgIpc) is 3.19. The Bertz CT molecular complexity index is 320. The number of carbonyl (C=O) groups is 2. The molecule has 1 atom stereocenters. The summed E-state index contributed by atoms with van der Waals surface area (Å²) in [4.78, 5) is 27.7. The average molecular weight is 253 g/mol. The zero-order chi connectivity index (χ0) is 13.1. The summed E-state index contributed by atoms with van der Waals surface area (Å²) in [5.41, 5.74) is 0. The molecule has 102 valence electrons. The maximum atomic E-state index is 11.9. The van der Waals surface area contributed by atoms with Gasteiger partial charge in [-0.25, -0.2) is 0 Å². The van der Waals surface area contributed by atoms with Crippen LogP contribution in [0.25, 0.3) is 0 Å². The number of amides is 2. The van der Waals surface area contributed by atoms with Crippen molar-refractivity contribution in [3.05, 3.63) is 0 Å². The van der Waals surface area contributed by atoms with Crippen LogP contribution in [-0.4, -0.2) is 61.4 Å². The minimum Gasteiger partial charge on any atom is -0.347 e. The van der Waals surface area contributed by atoms with Crippen molar-refractivity contribution in [3.8, 4) is 0 Å². The van der Waals surface area contributed by atoms with Crippen LogP contribution in [0, 0.1) is 11.8 Å². The SMILES string of the molecule is CC(C(=O)NCC(=O)N1CCN(C)CC1)C1CC1. The third-order valence-corrected chi connectivity index (χ3v) is 4.01. The molecule has 1 heterocycles. The smallest absolute Gasteiger partial charge is 0.242 e. The van der Waals surface area contributed by atoms with E-state index in [1.54, 1.807) is 0 Å². The number of rotatable bonds is 4. The molecule has 0 spiro atoms. The molecule has 0 aromatic heterocycles. The molecule has 5 heteroatoms. The molecular formula is C13H23N3O2. The molecule has 0 aromatic carbocycles. The molecule has 2 rings (SSSR count). The van der Waals surface area contributed by atoms with Crippen LogP contribution in [0.3, 0.4) is 0 Å². The Morgan fingerprint density at radius 3 is 2.39 bits per heavy atom. The van der Waals surface area contributed by atoms with Gasteiger partial charge in [0.15, 0.2) is 0 Å². The van der Waals surface area contributed by atoms with Crippen molar-refractivity contribution >= 4 is 11.8 Å². The lowest BCUT2D eigenvalue weighted by Gasteiger charge is -2.32. The van der Waals surface area contributed by atoms with Crippen LogP contribution in [0.2, 0.25) is 0 Å². The van der Waals surface area contributed by atoms with Crippen molar-refractivity contribution in [1.82, 2.24) is 15.1 Å². The number of hydrogen-bond donors (Lipinski definition) is 1. The van der Waals surface area contributed by atoms with Crippen LogP contribution in [0.4, 0.5) is 0 Å². The molecule has 1 aliphatic carbocycles. The van der Waals surface area contributed by atoms with E-state index in [4.69, 9.17) is 0 Å². The number of nitrogens with zero attached hydrogens (tertiary/aromatic N) is 2. The van der Waals surface area contributed by atoms with Crippen LogP contribution >= 0.6 is 0 Å². The highest BCUT2D eigenvalue weighted by molar-refractivity contribution is 5.86. The molecule has 1 N–H and O–H groups in total. The standard InChI is InChI=1S/C13H23N3O2/c1-10(11-3-4-11)13(18)14-9-12(17)16-7-5-15(2)6-8-16/h10-11H,3-9H2,1-2H3,(H,14,18). The topological polar surface area (TPSA) is 52.7 Å². The molecule has 1 aliphatic heterocycles. The second-order valence-electron chi connectivity index (χ2n) is 5.53. The number of carbonyl (C=O) groups excluding carboxylic acids is 2. The van der Waals surface area contributed by atoms with E-state index in [9.17, 15) is 9.59 Å². The highest BCUT2D eigenvalue weighted by atomic mass is 16.2. The minimum absolute atomic E-state index is 0.0278. The van der Waals surface area contributed by atoms with E-state index in [0.29, 0.717) is 5.92 Å². The van der Waals surface area contributed by atoms with E-state index in [1.165, 1.54) is 0 Å². The lowest BCUT2D eigenvalue weighted by atomic mass is 10.1. The van der Waals surface area contributed by atoms with Gasteiger partial charge in [0.25, 0.3) is 0 Å². The summed E-state index contributed by atoms with van der Waals surface area (Å²) in [6.07, 6.45) is 2.31. The van der Waals surface area contributed by atoms with Crippen molar-refractivity contribution < 1.29 is 9.59 Å². The number of nitrogens with one attached hydrogen (secondary N) is 1.